The standard InChI is InChI=1S/C14H17N3OS/c15-10-6-2-1-5-9(10)13(18)17-14-16-11-7-3-4-8-12(11)19-14/h3-4,7-10H,1-2,5-6,15H2,(H,16,17,18). The highest BCUT2D eigenvalue weighted by atomic mass is 32.1. The lowest BCUT2D eigenvalue weighted by Gasteiger charge is -2.26. The predicted molar refractivity (Wildman–Crippen MR) is 78.2 cm³/mol. The highest BCUT2D eigenvalue weighted by Gasteiger charge is 2.28. The fourth-order valence-corrected chi connectivity index (χ4v) is 3.48. The van der Waals surface area contributed by atoms with Gasteiger partial charge in [-0.25, -0.2) is 4.98 Å². The number of amides is 1. The lowest BCUT2D eigenvalue weighted by molar-refractivity contribution is -0.121. The maximum Gasteiger partial charge on any atom is 0.230 e. The van der Waals surface area contributed by atoms with Crippen molar-refractivity contribution in [2.45, 2.75) is 31.7 Å². The molecule has 2 unspecified atom stereocenters. The number of thiazole rings is 1. The van der Waals surface area contributed by atoms with Gasteiger partial charge in [-0.2, -0.15) is 0 Å². The molecule has 1 aliphatic rings. The van der Waals surface area contributed by atoms with Gasteiger partial charge in [-0.3, -0.25) is 4.79 Å². The molecule has 1 aromatic heterocycles. The van der Waals surface area contributed by atoms with Gasteiger partial charge in [-0.05, 0) is 25.0 Å². The minimum absolute atomic E-state index is 0.0110. The number of rotatable bonds is 2. The number of nitrogens with two attached hydrogens (primary N) is 1. The Labute approximate surface area is 116 Å². The van der Waals surface area contributed by atoms with Gasteiger partial charge in [-0.15, -0.1) is 0 Å². The number of hydrogen-bond acceptors (Lipinski definition) is 4. The monoisotopic (exact) mass is 275 g/mol. The molecule has 1 aromatic carbocycles. The summed E-state index contributed by atoms with van der Waals surface area (Å²) in [6, 6.07) is 7.87. The van der Waals surface area contributed by atoms with E-state index in [-0.39, 0.29) is 17.9 Å². The van der Waals surface area contributed by atoms with Gasteiger partial charge in [-0.1, -0.05) is 36.3 Å². The van der Waals surface area contributed by atoms with Crippen molar-refractivity contribution in [3.63, 3.8) is 0 Å². The number of anilines is 1. The predicted octanol–water partition coefficient (Wildman–Crippen LogP) is 2.75. The van der Waals surface area contributed by atoms with Gasteiger partial charge in [0.15, 0.2) is 5.13 Å². The lowest BCUT2D eigenvalue weighted by Crippen LogP contribution is -2.40. The first-order valence-corrected chi connectivity index (χ1v) is 7.48. The van der Waals surface area contributed by atoms with Gasteiger partial charge in [0.05, 0.1) is 16.1 Å². The summed E-state index contributed by atoms with van der Waals surface area (Å²) in [4.78, 5) is 16.6. The van der Waals surface area contributed by atoms with Crippen LogP contribution in [0.25, 0.3) is 10.2 Å². The molecule has 3 rings (SSSR count). The van der Waals surface area contributed by atoms with Crippen LogP contribution in [0.4, 0.5) is 5.13 Å². The van der Waals surface area contributed by atoms with Crippen LogP contribution in [0.2, 0.25) is 0 Å². The Hall–Kier alpha value is -1.46. The second kappa shape index (κ2) is 5.27. The molecule has 0 radical (unpaired) electrons. The Morgan fingerprint density at radius 2 is 2.11 bits per heavy atom. The van der Waals surface area contributed by atoms with Gasteiger partial charge in [0.1, 0.15) is 0 Å². The molecule has 1 saturated carbocycles. The first kappa shape index (κ1) is 12.6. The summed E-state index contributed by atoms with van der Waals surface area (Å²) < 4.78 is 1.09. The molecule has 2 aromatic rings. The second-order valence-electron chi connectivity index (χ2n) is 5.03. The zero-order valence-electron chi connectivity index (χ0n) is 10.6. The molecule has 3 N–H and O–H groups in total. The molecule has 1 amide bonds. The minimum atomic E-state index is -0.0687. The summed E-state index contributed by atoms with van der Waals surface area (Å²) in [7, 11) is 0. The maximum atomic E-state index is 12.2. The molecule has 0 spiro atoms. The summed E-state index contributed by atoms with van der Waals surface area (Å²) in [6.07, 6.45) is 4.05. The van der Waals surface area contributed by atoms with E-state index in [0.717, 1.165) is 35.9 Å². The van der Waals surface area contributed by atoms with Crippen molar-refractivity contribution in [3.8, 4) is 0 Å². The van der Waals surface area contributed by atoms with Crippen molar-refractivity contribution < 1.29 is 4.79 Å². The van der Waals surface area contributed by atoms with Crippen molar-refractivity contribution in [3.05, 3.63) is 24.3 Å². The first-order chi connectivity index (χ1) is 9.24. The van der Waals surface area contributed by atoms with Crippen LogP contribution < -0.4 is 11.1 Å². The largest absolute Gasteiger partial charge is 0.327 e. The summed E-state index contributed by atoms with van der Waals surface area (Å²) in [6.45, 7) is 0. The molecule has 4 nitrogen and oxygen atoms in total. The normalized spacial score (nSPS) is 23.4. The number of nitrogens with one attached hydrogen (secondary N) is 1. The lowest BCUT2D eigenvalue weighted by atomic mass is 9.84. The van der Waals surface area contributed by atoms with Crippen molar-refractivity contribution >= 4 is 32.6 Å². The molecular weight excluding hydrogens is 258 g/mol. The van der Waals surface area contributed by atoms with E-state index < -0.39 is 0 Å². The number of aromatic nitrogens is 1. The molecule has 0 aliphatic heterocycles. The third-order valence-electron chi connectivity index (χ3n) is 3.68. The number of benzene rings is 1. The molecule has 5 heteroatoms. The van der Waals surface area contributed by atoms with Gasteiger partial charge >= 0.3 is 0 Å². The topological polar surface area (TPSA) is 68.0 Å². The van der Waals surface area contributed by atoms with Crippen LogP contribution in [0.5, 0.6) is 0 Å². The van der Waals surface area contributed by atoms with E-state index in [1.54, 1.807) is 0 Å². The number of hydrogen-bond donors (Lipinski definition) is 2. The number of fused-ring (bicyclic) bond motifs is 1. The van der Waals surface area contributed by atoms with Crippen LogP contribution in [0.15, 0.2) is 24.3 Å². The number of nitrogens with zero attached hydrogens (tertiary/aromatic N) is 1. The van der Waals surface area contributed by atoms with Gasteiger partial charge in [0.2, 0.25) is 5.91 Å². The average Bonchev–Trinajstić information content (AvgIpc) is 2.81. The smallest absolute Gasteiger partial charge is 0.230 e. The first-order valence-electron chi connectivity index (χ1n) is 6.66. The molecule has 0 saturated heterocycles. The molecule has 1 aliphatic carbocycles. The van der Waals surface area contributed by atoms with Crippen LogP contribution >= 0.6 is 11.3 Å². The fraction of sp³-hybridized carbons (Fsp3) is 0.429. The zero-order valence-corrected chi connectivity index (χ0v) is 11.5. The van der Waals surface area contributed by atoms with E-state index in [1.807, 2.05) is 24.3 Å². The molecular formula is C14H17N3OS. The van der Waals surface area contributed by atoms with Gasteiger partial charge in [0, 0.05) is 6.04 Å². The van der Waals surface area contributed by atoms with E-state index in [4.69, 9.17) is 5.73 Å². The zero-order chi connectivity index (χ0) is 13.2. The molecule has 2 atom stereocenters. The van der Waals surface area contributed by atoms with Gasteiger partial charge < -0.3 is 11.1 Å². The van der Waals surface area contributed by atoms with Crippen LogP contribution in [0, 0.1) is 5.92 Å². The molecule has 100 valence electrons. The Morgan fingerprint density at radius 3 is 2.89 bits per heavy atom. The molecule has 1 heterocycles. The van der Waals surface area contributed by atoms with Crippen molar-refractivity contribution in [1.29, 1.82) is 0 Å². The van der Waals surface area contributed by atoms with Crippen molar-refractivity contribution in [1.82, 2.24) is 4.98 Å². The van der Waals surface area contributed by atoms with Crippen molar-refractivity contribution in [2.24, 2.45) is 11.7 Å². The molecule has 19 heavy (non-hydrogen) atoms. The van der Waals surface area contributed by atoms with E-state index in [2.05, 4.69) is 10.3 Å². The van der Waals surface area contributed by atoms with E-state index in [0.29, 0.717) is 5.13 Å². The number of para-hydroxylation sites is 1. The quantitative estimate of drug-likeness (QED) is 0.885. The second-order valence-corrected chi connectivity index (χ2v) is 6.06. The van der Waals surface area contributed by atoms with Crippen LogP contribution in [0.1, 0.15) is 25.7 Å². The minimum Gasteiger partial charge on any atom is -0.327 e. The Bertz CT molecular complexity index is 562. The van der Waals surface area contributed by atoms with Crippen molar-refractivity contribution in [2.75, 3.05) is 5.32 Å². The average molecular weight is 275 g/mol. The Morgan fingerprint density at radius 1 is 1.32 bits per heavy atom. The maximum absolute atomic E-state index is 12.2. The van der Waals surface area contributed by atoms with Crippen LogP contribution in [-0.2, 0) is 4.79 Å². The summed E-state index contributed by atoms with van der Waals surface area (Å²) in [5.41, 5.74) is 6.96. The summed E-state index contributed by atoms with van der Waals surface area (Å²) in [5, 5.41) is 3.59. The van der Waals surface area contributed by atoms with Crippen LogP contribution in [0.3, 0.4) is 0 Å². The number of carbonyl (C=O) groups excluding carboxylic acids is 1. The Balaban J connectivity index is 1.75. The Kier molecular flexibility index (Phi) is 3.48. The van der Waals surface area contributed by atoms with Gasteiger partial charge in [0.25, 0.3) is 0 Å². The molecule has 1 fully saturated rings. The summed E-state index contributed by atoms with van der Waals surface area (Å²) in [5.74, 6) is -0.0491. The highest BCUT2D eigenvalue weighted by Crippen LogP contribution is 2.28. The third kappa shape index (κ3) is 2.62. The van der Waals surface area contributed by atoms with E-state index in [9.17, 15) is 4.79 Å². The highest BCUT2D eigenvalue weighted by molar-refractivity contribution is 7.22. The van der Waals surface area contributed by atoms with E-state index in [1.165, 1.54) is 11.3 Å². The molecule has 0 bridgehead atoms. The fourth-order valence-electron chi connectivity index (χ4n) is 2.61. The SMILES string of the molecule is NC1CCCCC1C(=O)Nc1nc2ccccc2s1. The summed E-state index contributed by atoms with van der Waals surface area (Å²) >= 11 is 1.51. The third-order valence-corrected chi connectivity index (χ3v) is 4.63. The van der Waals surface area contributed by atoms with Crippen LogP contribution in [-0.4, -0.2) is 16.9 Å². The van der Waals surface area contributed by atoms with E-state index >= 15 is 0 Å². The number of carbonyl (C=O) groups is 1.